The van der Waals surface area contributed by atoms with Crippen molar-refractivity contribution in [3.8, 4) is 0 Å². The summed E-state index contributed by atoms with van der Waals surface area (Å²) in [5, 5.41) is 13.3. The van der Waals surface area contributed by atoms with Gasteiger partial charge in [0.15, 0.2) is 0 Å². The average Bonchev–Trinajstić information content (AvgIpc) is 2.92. The summed E-state index contributed by atoms with van der Waals surface area (Å²) < 4.78 is 40.7. The largest absolute Gasteiger partial charge is 0.478 e. The number of carboxylic acids is 1. The molecular weight excluding hydrogens is 493 g/mol. The summed E-state index contributed by atoms with van der Waals surface area (Å²) in [6.07, 6.45) is -2.67. The molecule has 0 radical (unpaired) electrons. The molecule has 0 bridgehead atoms. The van der Waals surface area contributed by atoms with Crippen molar-refractivity contribution in [2.24, 2.45) is 0 Å². The Labute approximate surface area is 218 Å². The Bertz CT molecular complexity index is 1440. The first-order chi connectivity index (χ1) is 18.3. The fourth-order valence-corrected chi connectivity index (χ4v) is 4.93. The van der Waals surface area contributed by atoms with Crippen LogP contribution in [0, 0.1) is 0 Å². The Kier molecular flexibility index (Phi) is 7.20. The summed E-state index contributed by atoms with van der Waals surface area (Å²) in [6.45, 7) is 4.29. The number of halogens is 3. The number of rotatable bonds is 7. The van der Waals surface area contributed by atoms with Gasteiger partial charge in [0.25, 0.3) is 0 Å². The molecule has 6 nitrogen and oxygen atoms in total. The first-order valence-corrected chi connectivity index (χ1v) is 12.4. The SMILES string of the molecule is O=C(O)c1cccc(CCN2CCN(c3ccccc3)CC2)c1Nc1ccnc2c(C(F)(F)F)cccc12. The number of nitrogens with zero attached hydrogens (tertiary/aromatic N) is 3. The van der Waals surface area contributed by atoms with E-state index >= 15 is 0 Å². The molecule has 38 heavy (non-hydrogen) atoms. The van der Waals surface area contributed by atoms with Crippen LogP contribution in [0.4, 0.5) is 30.2 Å². The maximum Gasteiger partial charge on any atom is 0.418 e. The maximum absolute atomic E-state index is 13.6. The highest BCUT2D eigenvalue weighted by Gasteiger charge is 2.33. The number of fused-ring (bicyclic) bond motifs is 1. The third kappa shape index (κ3) is 5.43. The number of aromatic carboxylic acids is 1. The van der Waals surface area contributed by atoms with Gasteiger partial charge in [0, 0.05) is 55.7 Å². The Balaban J connectivity index is 1.37. The minimum atomic E-state index is -4.56. The molecule has 0 saturated carbocycles. The van der Waals surface area contributed by atoms with E-state index in [2.05, 4.69) is 32.2 Å². The number of para-hydroxylation sites is 3. The molecule has 0 amide bonds. The quantitative estimate of drug-likeness (QED) is 0.309. The van der Waals surface area contributed by atoms with E-state index < -0.39 is 17.7 Å². The van der Waals surface area contributed by atoms with Crippen LogP contribution in [0.1, 0.15) is 21.5 Å². The predicted molar refractivity (Wildman–Crippen MR) is 142 cm³/mol. The highest BCUT2D eigenvalue weighted by Crippen LogP contribution is 2.37. The van der Waals surface area contributed by atoms with Crippen molar-refractivity contribution in [2.75, 3.05) is 42.9 Å². The summed E-state index contributed by atoms with van der Waals surface area (Å²) in [5.41, 5.74) is 1.78. The van der Waals surface area contributed by atoms with Crippen LogP contribution in [-0.2, 0) is 12.6 Å². The van der Waals surface area contributed by atoms with Crippen LogP contribution in [0.15, 0.2) is 79.0 Å². The summed E-state index contributed by atoms with van der Waals surface area (Å²) >= 11 is 0. The number of pyridine rings is 1. The van der Waals surface area contributed by atoms with E-state index in [9.17, 15) is 23.1 Å². The lowest BCUT2D eigenvalue weighted by Crippen LogP contribution is -2.47. The third-order valence-corrected chi connectivity index (χ3v) is 6.91. The van der Waals surface area contributed by atoms with Gasteiger partial charge in [-0.2, -0.15) is 13.2 Å². The smallest absolute Gasteiger partial charge is 0.418 e. The molecule has 0 unspecified atom stereocenters. The van der Waals surface area contributed by atoms with Crippen LogP contribution in [0.5, 0.6) is 0 Å². The number of piperazine rings is 1. The second-order valence-electron chi connectivity index (χ2n) is 9.24. The molecule has 4 aromatic rings. The number of hydrogen-bond acceptors (Lipinski definition) is 5. The van der Waals surface area contributed by atoms with Gasteiger partial charge in [-0.05, 0) is 42.3 Å². The highest BCUT2D eigenvalue weighted by molar-refractivity contribution is 6.00. The number of benzene rings is 3. The first kappa shape index (κ1) is 25.5. The van der Waals surface area contributed by atoms with Gasteiger partial charge in [-0.15, -0.1) is 0 Å². The number of nitrogens with one attached hydrogen (secondary N) is 1. The molecule has 2 heterocycles. The summed E-state index contributed by atoms with van der Waals surface area (Å²) in [4.78, 5) is 20.7. The van der Waals surface area contributed by atoms with Gasteiger partial charge in [-0.3, -0.25) is 9.88 Å². The summed E-state index contributed by atoms with van der Waals surface area (Å²) in [5.74, 6) is -1.11. The van der Waals surface area contributed by atoms with Gasteiger partial charge in [0.05, 0.1) is 22.3 Å². The average molecular weight is 521 g/mol. The normalized spacial score (nSPS) is 14.6. The van der Waals surface area contributed by atoms with Gasteiger partial charge < -0.3 is 15.3 Å². The Morgan fingerprint density at radius 3 is 2.37 bits per heavy atom. The van der Waals surface area contributed by atoms with Crippen molar-refractivity contribution in [2.45, 2.75) is 12.6 Å². The second kappa shape index (κ2) is 10.7. The number of alkyl halides is 3. The van der Waals surface area contributed by atoms with Gasteiger partial charge in [0.1, 0.15) is 0 Å². The molecule has 1 aliphatic rings. The third-order valence-electron chi connectivity index (χ3n) is 6.91. The Morgan fingerprint density at radius 1 is 0.921 bits per heavy atom. The number of carbonyl (C=O) groups is 1. The van der Waals surface area contributed by atoms with Crippen molar-refractivity contribution < 1.29 is 23.1 Å². The second-order valence-corrected chi connectivity index (χ2v) is 9.24. The molecule has 2 N–H and O–H groups in total. The fourth-order valence-electron chi connectivity index (χ4n) is 4.93. The molecule has 0 aliphatic carbocycles. The molecule has 1 aliphatic heterocycles. The van der Waals surface area contributed by atoms with Gasteiger partial charge in [-0.25, -0.2) is 4.79 Å². The van der Waals surface area contributed by atoms with Gasteiger partial charge >= 0.3 is 12.1 Å². The van der Waals surface area contributed by atoms with E-state index in [1.54, 1.807) is 18.2 Å². The van der Waals surface area contributed by atoms with E-state index in [0.717, 1.165) is 44.4 Å². The van der Waals surface area contributed by atoms with E-state index in [4.69, 9.17) is 0 Å². The zero-order valence-corrected chi connectivity index (χ0v) is 20.6. The van der Waals surface area contributed by atoms with Crippen molar-refractivity contribution in [1.29, 1.82) is 0 Å². The van der Waals surface area contributed by atoms with Gasteiger partial charge in [0.2, 0.25) is 0 Å². The van der Waals surface area contributed by atoms with E-state index in [-0.39, 0.29) is 16.5 Å². The first-order valence-electron chi connectivity index (χ1n) is 12.4. The Morgan fingerprint density at radius 2 is 1.66 bits per heavy atom. The van der Waals surface area contributed by atoms with E-state index in [1.807, 2.05) is 24.3 Å². The highest BCUT2D eigenvalue weighted by atomic mass is 19.4. The Hall–Kier alpha value is -4.11. The fraction of sp³-hybridized carbons (Fsp3) is 0.241. The molecule has 0 spiro atoms. The van der Waals surface area contributed by atoms with Crippen molar-refractivity contribution in [3.05, 3.63) is 95.7 Å². The molecule has 3 aromatic carbocycles. The molecule has 0 atom stereocenters. The topological polar surface area (TPSA) is 68.7 Å². The van der Waals surface area contributed by atoms with Crippen LogP contribution in [-0.4, -0.2) is 53.7 Å². The monoisotopic (exact) mass is 520 g/mol. The number of aromatic nitrogens is 1. The van der Waals surface area contributed by atoms with E-state index in [1.165, 1.54) is 24.0 Å². The lowest BCUT2D eigenvalue weighted by molar-refractivity contribution is -0.136. The minimum Gasteiger partial charge on any atom is -0.478 e. The van der Waals surface area contributed by atoms with Crippen molar-refractivity contribution in [1.82, 2.24) is 9.88 Å². The summed E-state index contributed by atoms with van der Waals surface area (Å²) in [6, 6.07) is 20.8. The molecular formula is C29H27F3N4O2. The number of anilines is 3. The van der Waals surface area contributed by atoms with Crippen LogP contribution in [0.3, 0.4) is 0 Å². The standard InChI is InChI=1S/C29H27F3N4O2/c30-29(31,32)24-11-5-9-22-25(12-14-33-27(22)24)34-26-20(6-4-10-23(26)28(37)38)13-15-35-16-18-36(19-17-35)21-7-2-1-3-8-21/h1-12,14H,13,15-19H2,(H,33,34)(H,37,38). The van der Waals surface area contributed by atoms with Crippen LogP contribution >= 0.6 is 0 Å². The zero-order chi connectivity index (χ0) is 26.7. The lowest BCUT2D eigenvalue weighted by atomic mass is 10.0. The zero-order valence-electron chi connectivity index (χ0n) is 20.6. The summed E-state index contributed by atoms with van der Waals surface area (Å²) in [7, 11) is 0. The molecule has 196 valence electrons. The maximum atomic E-state index is 13.6. The van der Waals surface area contributed by atoms with E-state index in [0.29, 0.717) is 17.8 Å². The van der Waals surface area contributed by atoms with Crippen molar-refractivity contribution >= 4 is 33.9 Å². The predicted octanol–water partition coefficient (Wildman–Crippen LogP) is 6.06. The molecule has 1 aromatic heterocycles. The van der Waals surface area contributed by atoms with Crippen LogP contribution in [0.2, 0.25) is 0 Å². The van der Waals surface area contributed by atoms with Gasteiger partial charge in [-0.1, -0.05) is 42.5 Å². The molecule has 1 saturated heterocycles. The molecule has 5 rings (SSSR count). The minimum absolute atomic E-state index is 0.0633. The van der Waals surface area contributed by atoms with Crippen molar-refractivity contribution in [3.63, 3.8) is 0 Å². The molecule has 1 fully saturated rings. The lowest BCUT2D eigenvalue weighted by Gasteiger charge is -2.36. The van der Waals surface area contributed by atoms with Crippen LogP contribution in [0.25, 0.3) is 10.9 Å². The number of carboxylic acid groups (broad SMARTS) is 1. The molecule has 9 heteroatoms. The van der Waals surface area contributed by atoms with Crippen LogP contribution < -0.4 is 10.2 Å². The number of hydrogen-bond donors (Lipinski definition) is 2.